The fraction of sp³-hybridized carbons (Fsp3) is 0.176. The standard InChI is InChI=1S/C17H16ClFN2O2/c1-11(17(23)21-15-5-3-2-4-14(15)19)20-16(22)10-12-6-8-13(18)9-7-12/h2-9,11H,10H2,1H3,(H,20,22)(H,21,23). The van der Waals surface area contributed by atoms with E-state index >= 15 is 0 Å². The zero-order valence-corrected chi connectivity index (χ0v) is 13.2. The quantitative estimate of drug-likeness (QED) is 0.882. The highest BCUT2D eigenvalue weighted by Gasteiger charge is 2.17. The van der Waals surface area contributed by atoms with Crippen molar-refractivity contribution in [3.05, 3.63) is 64.9 Å². The number of halogens is 2. The molecule has 0 saturated heterocycles. The molecule has 2 aromatic carbocycles. The van der Waals surface area contributed by atoms with Crippen molar-refractivity contribution in [2.75, 3.05) is 5.32 Å². The molecule has 0 aliphatic carbocycles. The topological polar surface area (TPSA) is 58.2 Å². The number of hydrogen-bond acceptors (Lipinski definition) is 2. The maximum Gasteiger partial charge on any atom is 0.246 e. The predicted molar refractivity (Wildman–Crippen MR) is 87.8 cm³/mol. The summed E-state index contributed by atoms with van der Waals surface area (Å²) in [5, 5.41) is 5.61. The van der Waals surface area contributed by atoms with Crippen LogP contribution in [0, 0.1) is 5.82 Å². The summed E-state index contributed by atoms with van der Waals surface area (Å²) in [6.45, 7) is 1.54. The molecule has 0 fully saturated rings. The van der Waals surface area contributed by atoms with E-state index in [1.54, 1.807) is 30.3 Å². The average Bonchev–Trinajstić information content (AvgIpc) is 2.51. The third-order valence-corrected chi connectivity index (χ3v) is 3.43. The zero-order valence-electron chi connectivity index (χ0n) is 12.5. The van der Waals surface area contributed by atoms with E-state index in [0.717, 1.165) is 5.56 Å². The van der Waals surface area contributed by atoms with Crippen LogP contribution in [0.25, 0.3) is 0 Å². The minimum Gasteiger partial charge on any atom is -0.344 e. The number of para-hydroxylation sites is 1. The molecule has 2 rings (SSSR count). The maximum atomic E-state index is 13.5. The monoisotopic (exact) mass is 334 g/mol. The second-order valence-corrected chi connectivity index (χ2v) is 5.50. The maximum absolute atomic E-state index is 13.5. The summed E-state index contributed by atoms with van der Waals surface area (Å²) in [5.41, 5.74) is 0.866. The molecule has 0 aliphatic heterocycles. The summed E-state index contributed by atoms with van der Waals surface area (Å²) in [6, 6.07) is 11.9. The van der Waals surface area contributed by atoms with Gasteiger partial charge in [0, 0.05) is 5.02 Å². The molecule has 23 heavy (non-hydrogen) atoms. The Morgan fingerprint density at radius 2 is 1.78 bits per heavy atom. The fourth-order valence-corrected chi connectivity index (χ4v) is 2.08. The Labute approximate surface area is 138 Å². The number of amides is 2. The van der Waals surface area contributed by atoms with Gasteiger partial charge in [0.25, 0.3) is 0 Å². The van der Waals surface area contributed by atoms with Crippen molar-refractivity contribution in [1.29, 1.82) is 0 Å². The molecule has 0 heterocycles. The van der Waals surface area contributed by atoms with Gasteiger partial charge >= 0.3 is 0 Å². The van der Waals surface area contributed by atoms with Crippen molar-refractivity contribution < 1.29 is 14.0 Å². The largest absolute Gasteiger partial charge is 0.344 e. The lowest BCUT2D eigenvalue weighted by molar-refractivity contribution is -0.125. The van der Waals surface area contributed by atoms with Crippen molar-refractivity contribution >= 4 is 29.1 Å². The van der Waals surface area contributed by atoms with E-state index in [0.29, 0.717) is 5.02 Å². The molecule has 0 spiro atoms. The van der Waals surface area contributed by atoms with Crippen LogP contribution in [-0.4, -0.2) is 17.9 Å². The van der Waals surface area contributed by atoms with Crippen LogP contribution in [-0.2, 0) is 16.0 Å². The van der Waals surface area contributed by atoms with Crippen molar-refractivity contribution in [1.82, 2.24) is 5.32 Å². The van der Waals surface area contributed by atoms with Crippen LogP contribution in [0.4, 0.5) is 10.1 Å². The summed E-state index contributed by atoms with van der Waals surface area (Å²) in [4.78, 5) is 23.9. The Morgan fingerprint density at radius 3 is 2.43 bits per heavy atom. The first kappa shape index (κ1) is 17.0. The summed E-state index contributed by atoms with van der Waals surface area (Å²) >= 11 is 5.78. The summed E-state index contributed by atoms with van der Waals surface area (Å²) in [5.74, 6) is -1.32. The summed E-state index contributed by atoms with van der Waals surface area (Å²) in [6.07, 6.45) is 0.133. The van der Waals surface area contributed by atoms with Gasteiger partial charge in [0.1, 0.15) is 11.9 Å². The minimum atomic E-state index is -0.783. The molecule has 1 unspecified atom stereocenters. The molecular formula is C17H16ClFN2O2. The lowest BCUT2D eigenvalue weighted by Gasteiger charge is -2.14. The van der Waals surface area contributed by atoms with Gasteiger partial charge in [-0.2, -0.15) is 0 Å². The molecule has 6 heteroatoms. The molecule has 0 radical (unpaired) electrons. The van der Waals surface area contributed by atoms with Gasteiger partial charge in [-0.15, -0.1) is 0 Å². The minimum absolute atomic E-state index is 0.0799. The molecule has 2 aromatic rings. The Balaban J connectivity index is 1.89. The van der Waals surface area contributed by atoms with E-state index in [2.05, 4.69) is 10.6 Å². The average molecular weight is 335 g/mol. The Bertz CT molecular complexity index is 704. The van der Waals surface area contributed by atoms with Gasteiger partial charge in [0.2, 0.25) is 11.8 Å². The van der Waals surface area contributed by atoms with Crippen molar-refractivity contribution in [2.24, 2.45) is 0 Å². The van der Waals surface area contributed by atoms with Crippen LogP contribution < -0.4 is 10.6 Å². The van der Waals surface area contributed by atoms with Crippen molar-refractivity contribution in [2.45, 2.75) is 19.4 Å². The molecule has 0 aliphatic rings. The van der Waals surface area contributed by atoms with Crippen molar-refractivity contribution in [3.8, 4) is 0 Å². The van der Waals surface area contributed by atoms with Crippen LogP contribution in [0.3, 0.4) is 0 Å². The molecule has 0 aromatic heterocycles. The molecular weight excluding hydrogens is 319 g/mol. The van der Waals surface area contributed by atoms with E-state index in [1.807, 2.05) is 0 Å². The normalized spacial score (nSPS) is 11.6. The van der Waals surface area contributed by atoms with Gasteiger partial charge in [0.05, 0.1) is 12.1 Å². The summed E-state index contributed by atoms with van der Waals surface area (Å²) < 4.78 is 13.5. The van der Waals surface area contributed by atoms with E-state index in [-0.39, 0.29) is 18.0 Å². The SMILES string of the molecule is CC(NC(=O)Cc1ccc(Cl)cc1)C(=O)Nc1ccccc1F. The van der Waals surface area contributed by atoms with E-state index in [4.69, 9.17) is 11.6 Å². The molecule has 0 saturated carbocycles. The third-order valence-electron chi connectivity index (χ3n) is 3.18. The number of nitrogens with one attached hydrogen (secondary N) is 2. The van der Waals surface area contributed by atoms with Gasteiger partial charge < -0.3 is 10.6 Å². The van der Waals surface area contributed by atoms with E-state index in [9.17, 15) is 14.0 Å². The number of anilines is 1. The van der Waals surface area contributed by atoms with Crippen LogP contribution in [0.15, 0.2) is 48.5 Å². The van der Waals surface area contributed by atoms with Gasteiger partial charge in [-0.25, -0.2) is 4.39 Å². The van der Waals surface area contributed by atoms with Crippen LogP contribution in [0.5, 0.6) is 0 Å². The van der Waals surface area contributed by atoms with Crippen molar-refractivity contribution in [3.63, 3.8) is 0 Å². The smallest absolute Gasteiger partial charge is 0.246 e. The lowest BCUT2D eigenvalue weighted by atomic mass is 10.1. The van der Waals surface area contributed by atoms with Gasteiger partial charge in [-0.1, -0.05) is 35.9 Å². The molecule has 1 atom stereocenters. The highest BCUT2D eigenvalue weighted by Crippen LogP contribution is 2.13. The Hall–Kier alpha value is -2.40. The second kappa shape index (κ2) is 7.74. The Morgan fingerprint density at radius 1 is 1.13 bits per heavy atom. The first-order valence-electron chi connectivity index (χ1n) is 7.05. The third kappa shape index (κ3) is 5.07. The van der Waals surface area contributed by atoms with Crippen LogP contribution in [0.2, 0.25) is 5.02 Å². The lowest BCUT2D eigenvalue weighted by Crippen LogP contribution is -2.42. The molecule has 2 amide bonds. The van der Waals surface area contributed by atoms with E-state index < -0.39 is 17.8 Å². The van der Waals surface area contributed by atoms with Gasteiger partial charge in [0.15, 0.2) is 0 Å². The number of carbonyl (C=O) groups excluding carboxylic acids is 2. The predicted octanol–water partition coefficient (Wildman–Crippen LogP) is 3.17. The Kier molecular flexibility index (Phi) is 5.71. The molecule has 2 N–H and O–H groups in total. The number of benzene rings is 2. The number of carbonyl (C=O) groups is 2. The second-order valence-electron chi connectivity index (χ2n) is 5.06. The highest BCUT2D eigenvalue weighted by atomic mass is 35.5. The number of hydrogen-bond donors (Lipinski definition) is 2. The highest BCUT2D eigenvalue weighted by molar-refractivity contribution is 6.30. The summed E-state index contributed by atoms with van der Waals surface area (Å²) in [7, 11) is 0. The first-order chi connectivity index (χ1) is 11.0. The van der Waals surface area contributed by atoms with Gasteiger partial charge in [-0.3, -0.25) is 9.59 Å². The van der Waals surface area contributed by atoms with Gasteiger partial charge in [-0.05, 0) is 36.8 Å². The molecule has 4 nitrogen and oxygen atoms in total. The van der Waals surface area contributed by atoms with E-state index in [1.165, 1.54) is 25.1 Å². The number of rotatable bonds is 5. The zero-order chi connectivity index (χ0) is 16.8. The molecule has 0 bridgehead atoms. The first-order valence-corrected chi connectivity index (χ1v) is 7.42. The molecule has 120 valence electrons. The fourth-order valence-electron chi connectivity index (χ4n) is 1.95. The van der Waals surface area contributed by atoms with Crippen LogP contribution >= 0.6 is 11.6 Å². The van der Waals surface area contributed by atoms with Crippen LogP contribution in [0.1, 0.15) is 12.5 Å².